The molecule has 0 radical (unpaired) electrons. The number of rotatable bonds is 4. The van der Waals surface area contributed by atoms with Crippen LogP contribution in [0.4, 0.5) is 5.95 Å². The molecule has 1 aliphatic heterocycles. The van der Waals surface area contributed by atoms with Crippen LogP contribution in [0.3, 0.4) is 0 Å². The largest absolute Gasteiger partial charge is 0.381 e. The van der Waals surface area contributed by atoms with Gasteiger partial charge in [0.15, 0.2) is 0 Å². The minimum atomic E-state index is -0.0705. The molecule has 1 aromatic carbocycles. The molecule has 0 bridgehead atoms. The number of para-hydroxylation sites is 1. The van der Waals surface area contributed by atoms with Gasteiger partial charge in [0, 0.05) is 25.6 Å². The van der Waals surface area contributed by atoms with Crippen LogP contribution in [0.25, 0.3) is 10.9 Å². The average molecular weight is 273 g/mol. The Morgan fingerprint density at radius 1 is 1.45 bits per heavy atom. The first-order chi connectivity index (χ1) is 9.78. The molecule has 1 N–H and O–H groups in total. The Kier molecular flexibility index (Phi) is 3.69. The highest BCUT2D eigenvalue weighted by atomic mass is 16.5. The standard InChI is InChI=1S/C15H19N3O2/c1-2-20-10-11-7-8-18(9-11)15-16-13-6-4-3-5-12(13)14(19)17-15/h3-6,11H,2,7-10H2,1H3,(H,16,17,19). The molecule has 1 aliphatic rings. The number of anilines is 1. The third-order valence-electron chi connectivity index (χ3n) is 3.74. The van der Waals surface area contributed by atoms with Gasteiger partial charge in [0.1, 0.15) is 0 Å². The Morgan fingerprint density at radius 2 is 2.30 bits per heavy atom. The lowest BCUT2D eigenvalue weighted by atomic mass is 10.1. The molecule has 2 heterocycles. The van der Waals surface area contributed by atoms with E-state index in [1.807, 2.05) is 25.1 Å². The van der Waals surface area contributed by atoms with Crippen LogP contribution in [0.15, 0.2) is 29.1 Å². The minimum Gasteiger partial charge on any atom is -0.381 e. The van der Waals surface area contributed by atoms with Crippen LogP contribution >= 0.6 is 0 Å². The third kappa shape index (κ3) is 2.54. The Hall–Kier alpha value is -1.88. The smallest absolute Gasteiger partial charge is 0.260 e. The van der Waals surface area contributed by atoms with E-state index >= 15 is 0 Å². The van der Waals surface area contributed by atoms with E-state index in [1.165, 1.54) is 0 Å². The minimum absolute atomic E-state index is 0.0705. The molecule has 5 nitrogen and oxygen atoms in total. The number of H-pyrrole nitrogens is 1. The van der Waals surface area contributed by atoms with Crippen molar-refractivity contribution in [1.29, 1.82) is 0 Å². The Bertz CT molecular complexity index is 653. The fourth-order valence-corrected chi connectivity index (χ4v) is 2.67. The van der Waals surface area contributed by atoms with Crippen molar-refractivity contribution in [1.82, 2.24) is 9.97 Å². The van der Waals surface area contributed by atoms with E-state index in [9.17, 15) is 4.79 Å². The summed E-state index contributed by atoms with van der Waals surface area (Å²) in [5.74, 6) is 1.19. The molecule has 20 heavy (non-hydrogen) atoms. The van der Waals surface area contributed by atoms with Gasteiger partial charge in [-0.3, -0.25) is 9.78 Å². The molecule has 1 saturated heterocycles. The van der Waals surface area contributed by atoms with Crippen molar-refractivity contribution < 1.29 is 4.74 Å². The highest BCUT2D eigenvalue weighted by molar-refractivity contribution is 5.78. The maximum Gasteiger partial charge on any atom is 0.260 e. The summed E-state index contributed by atoms with van der Waals surface area (Å²) in [4.78, 5) is 21.6. The number of nitrogens with one attached hydrogen (secondary N) is 1. The summed E-state index contributed by atoms with van der Waals surface area (Å²) >= 11 is 0. The zero-order chi connectivity index (χ0) is 13.9. The van der Waals surface area contributed by atoms with E-state index in [0.717, 1.165) is 38.2 Å². The normalized spacial score (nSPS) is 18.9. The lowest BCUT2D eigenvalue weighted by molar-refractivity contribution is 0.117. The molecule has 0 spiro atoms. The van der Waals surface area contributed by atoms with Gasteiger partial charge < -0.3 is 9.64 Å². The van der Waals surface area contributed by atoms with Crippen molar-refractivity contribution in [2.45, 2.75) is 13.3 Å². The predicted octanol–water partition coefficient (Wildman–Crippen LogP) is 1.79. The molecule has 0 aliphatic carbocycles. The first-order valence-corrected chi connectivity index (χ1v) is 7.09. The van der Waals surface area contributed by atoms with Crippen LogP contribution in [-0.2, 0) is 4.74 Å². The Labute approximate surface area is 117 Å². The van der Waals surface area contributed by atoms with Crippen LogP contribution in [0.5, 0.6) is 0 Å². The number of aromatic amines is 1. The van der Waals surface area contributed by atoms with E-state index in [-0.39, 0.29) is 5.56 Å². The van der Waals surface area contributed by atoms with Crippen molar-refractivity contribution in [2.24, 2.45) is 5.92 Å². The summed E-state index contributed by atoms with van der Waals surface area (Å²) in [5, 5.41) is 0.640. The van der Waals surface area contributed by atoms with Crippen molar-refractivity contribution >= 4 is 16.9 Å². The second-order valence-electron chi connectivity index (χ2n) is 5.17. The van der Waals surface area contributed by atoms with Crippen molar-refractivity contribution in [3.63, 3.8) is 0 Å². The SMILES string of the molecule is CCOCC1CCN(c2nc3ccccc3c(=O)[nH]2)C1. The first kappa shape index (κ1) is 13.1. The van der Waals surface area contributed by atoms with E-state index in [1.54, 1.807) is 6.07 Å². The van der Waals surface area contributed by atoms with Crippen molar-refractivity contribution in [3.8, 4) is 0 Å². The van der Waals surface area contributed by atoms with Crippen molar-refractivity contribution in [3.05, 3.63) is 34.6 Å². The zero-order valence-corrected chi connectivity index (χ0v) is 11.6. The number of benzene rings is 1. The molecule has 5 heteroatoms. The number of hydrogen-bond acceptors (Lipinski definition) is 4. The topological polar surface area (TPSA) is 58.2 Å². The molecule has 2 aromatic rings. The van der Waals surface area contributed by atoms with Gasteiger partial charge in [-0.05, 0) is 25.5 Å². The molecule has 1 atom stereocenters. The fourth-order valence-electron chi connectivity index (χ4n) is 2.67. The summed E-state index contributed by atoms with van der Waals surface area (Å²) in [5.41, 5.74) is 0.679. The molecular formula is C15H19N3O2. The number of ether oxygens (including phenoxy) is 1. The lowest BCUT2D eigenvalue weighted by Gasteiger charge is -2.17. The third-order valence-corrected chi connectivity index (χ3v) is 3.74. The Balaban J connectivity index is 1.83. The van der Waals surface area contributed by atoms with E-state index in [0.29, 0.717) is 17.3 Å². The van der Waals surface area contributed by atoms with Gasteiger partial charge in [-0.25, -0.2) is 4.98 Å². The van der Waals surface area contributed by atoms with Gasteiger partial charge >= 0.3 is 0 Å². The van der Waals surface area contributed by atoms with Crippen LogP contribution < -0.4 is 10.5 Å². The molecule has 0 saturated carbocycles. The molecule has 1 unspecified atom stereocenters. The maximum absolute atomic E-state index is 12.1. The van der Waals surface area contributed by atoms with E-state index in [2.05, 4.69) is 14.9 Å². The summed E-state index contributed by atoms with van der Waals surface area (Å²) < 4.78 is 5.48. The zero-order valence-electron chi connectivity index (χ0n) is 11.6. The second-order valence-corrected chi connectivity index (χ2v) is 5.17. The average Bonchev–Trinajstić information content (AvgIpc) is 2.94. The lowest BCUT2D eigenvalue weighted by Crippen LogP contribution is -2.26. The fraction of sp³-hybridized carbons (Fsp3) is 0.467. The quantitative estimate of drug-likeness (QED) is 0.922. The molecule has 106 valence electrons. The predicted molar refractivity (Wildman–Crippen MR) is 79.2 cm³/mol. The molecule has 1 fully saturated rings. The first-order valence-electron chi connectivity index (χ1n) is 7.09. The molecule has 0 amide bonds. The second kappa shape index (κ2) is 5.63. The summed E-state index contributed by atoms with van der Waals surface area (Å²) in [7, 11) is 0. The number of fused-ring (bicyclic) bond motifs is 1. The Morgan fingerprint density at radius 3 is 3.15 bits per heavy atom. The molecule has 1 aromatic heterocycles. The molecule has 3 rings (SSSR count). The highest BCUT2D eigenvalue weighted by Gasteiger charge is 2.24. The van der Waals surface area contributed by atoms with Gasteiger partial charge in [-0.1, -0.05) is 12.1 Å². The van der Waals surface area contributed by atoms with Crippen LogP contribution in [0.1, 0.15) is 13.3 Å². The van der Waals surface area contributed by atoms with Crippen molar-refractivity contribution in [2.75, 3.05) is 31.2 Å². The summed E-state index contributed by atoms with van der Waals surface area (Å²) in [6, 6.07) is 7.43. The van der Waals surface area contributed by atoms with Gasteiger partial charge in [0.2, 0.25) is 5.95 Å². The molecular weight excluding hydrogens is 254 g/mol. The number of aromatic nitrogens is 2. The number of nitrogens with zero attached hydrogens (tertiary/aromatic N) is 2. The van der Waals surface area contributed by atoms with Gasteiger partial charge in [0.05, 0.1) is 17.5 Å². The maximum atomic E-state index is 12.1. The van der Waals surface area contributed by atoms with E-state index < -0.39 is 0 Å². The highest BCUT2D eigenvalue weighted by Crippen LogP contribution is 2.21. The van der Waals surface area contributed by atoms with Crippen LogP contribution in [0.2, 0.25) is 0 Å². The van der Waals surface area contributed by atoms with Gasteiger partial charge in [-0.2, -0.15) is 0 Å². The number of hydrogen-bond donors (Lipinski definition) is 1. The monoisotopic (exact) mass is 273 g/mol. The van der Waals surface area contributed by atoms with Gasteiger partial charge in [0.25, 0.3) is 5.56 Å². The van der Waals surface area contributed by atoms with Crippen LogP contribution in [-0.4, -0.2) is 36.3 Å². The summed E-state index contributed by atoms with van der Waals surface area (Å²) in [6.07, 6.45) is 1.08. The van der Waals surface area contributed by atoms with E-state index in [4.69, 9.17) is 4.74 Å². The van der Waals surface area contributed by atoms with Crippen LogP contribution in [0, 0.1) is 5.92 Å². The summed E-state index contributed by atoms with van der Waals surface area (Å²) in [6.45, 7) is 5.35. The van der Waals surface area contributed by atoms with Gasteiger partial charge in [-0.15, -0.1) is 0 Å².